The van der Waals surface area contributed by atoms with Gasteiger partial charge in [-0.15, -0.1) is 0 Å². The lowest BCUT2D eigenvalue weighted by atomic mass is 10.2. The van der Waals surface area contributed by atoms with Crippen molar-refractivity contribution in [2.45, 2.75) is 19.9 Å². The van der Waals surface area contributed by atoms with Crippen LogP contribution in [0.2, 0.25) is 0 Å². The van der Waals surface area contributed by atoms with Gasteiger partial charge in [0.05, 0.1) is 6.54 Å². The van der Waals surface area contributed by atoms with E-state index in [1.165, 1.54) is 6.33 Å². The molecule has 0 fully saturated rings. The molecule has 0 atom stereocenters. The highest BCUT2D eigenvalue weighted by Gasteiger charge is 2.14. The lowest BCUT2D eigenvalue weighted by molar-refractivity contribution is -0.118. The van der Waals surface area contributed by atoms with Crippen molar-refractivity contribution in [3.05, 3.63) is 36.9 Å². The van der Waals surface area contributed by atoms with Gasteiger partial charge in [0.2, 0.25) is 5.91 Å². The summed E-state index contributed by atoms with van der Waals surface area (Å²) in [6, 6.07) is 6.68. The van der Waals surface area contributed by atoms with Gasteiger partial charge in [-0.25, -0.2) is 4.98 Å². The zero-order chi connectivity index (χ0) is 13.7. The molecule has 0 spiro atoms. The maximum absolute atomic E-state index is 12.2. The average Bonchev–Trinajstić information content (AvgIpc) is 2.90. The number of carbonyl (C=O) groups excluding carboxylic acids is 1. The maximum Gasteiger partial charge on any atom is 0.228 e. The normalized spacial score (nSPS) is 10.4. The van der Waals surface area contributed by atoms with Gasteiger partial charge in [0, 0.05) is 24.7 Å². The minimum atomic E-state index is -0.0106. The smallest absolute Gasteiger partial charge is 0.228 e. The van der Waals surface area contributed by atoms with Crippen LogP contribution in [-0.2, 0) is 11.3 Å². The predicted octanol–water partition coefficient (Wildman–Crippen LogP) is 1.43. The van der Waals surface area contributed by atoms with Gasteiger partial charge in [0.15, 0.2) is 0 Å². The zero-order valence-corrected chi connectivity index (χ0v) is 10.7. The highest BCUT2D eigenvalue weighted by Crippen LogP contribution is 2.20. The number of aromatic hydroxyl groups is 1. The van der Waals surface area contributed by atoms with E-state index in [0.717, 1.165) is 0 Å². The monoisotopic (exact) mass is 260 g/mol. The van der Waals surface area contributed by atoms with Crippen molar-refractivity contribution in [3.8, 4) is 5.75 Å². The van der Waals surface area contributed by atoms with Crippen molar-refractivity contribution in [2.24, 2.45) is 0 Å². The molecule has 0 saturated carbocycles. The number of aromatic nitrogens is 3. The Balaban J connectivity index is 2.02. The second kappa shape index (κ2) is 5.99. The van der Waals surface area contributed by atoms with Gasteiger partial charge in [-0.05, 0) is 19.1 Å². The zero-order valence-electron chi connectivity index (χ0n) is 10.7. The van der Waals surface area contributed by atoms with Crippen LogP contribution >= 0.6 is 0 Å². The Hall–Kier alpha value is -2.37. The molecule has 2 aromatic rings. The summed E-state index contributed by atoms with van der Waals surface area (Å²) in [4.78, 5) is 17.6. The molecule has 0 unspecified atom stereocenters. The van der Waals surface area contributed by atoms with E-state index in [-0.39, 0.29) is 11.7 Å². The molecule has 100 valence electrons. The molecule has 0 radical (unpaired) electrons. The molecule has 19 heavy (non-hydrogen) atoms. The molecule has 0 aliphatic heterocycles. The second-order valence-corrected chi connectivity index (χ2v) is 4.07. The first-order valence-corrected chi connectivity index (χ1v) is 6.12. The first-order valence-electron chi connectivity index (χ1n) is 6.12. The van der Waals surface area contributed by atoms with Gasteiger partial charge < -0.3 is 10.0 Å². The van der Waals surface area contributed by atoms with Crippen molar-refractivity contribution in [3.63, 3.8) is 0 Å². The number of phenols is 1. The minimum Gasteiger partial charge on any atom is -0.508 e. The Morgan fingerprint density at radius 1 is 1.47 bits per heavy atom. The molecule has 6 heteroatoms. The molecular weight excluding hydrogens is 244 g/mol. The second-order valence-electron chi connectivity index (χ2n) is 4.07. The number of carbonyl (C=O) groups is 1. The quantitative estimate of drug-likeness (QED) is 0.882. The van der Waals surface area contributed by atoms with E-state index in [4.69, 9.17) is 0 Å². The third-order valence-electron chi connectivity index (χ3n) is 2.78. The van der Waals surface area contributed by atoms with Crippen LogP contribution in [0.25, 0.3) is 0 Å². The molecule has 1 aromatic carbocycles. The summed E-state index contributed by atoms with van der Waals surface area (Å²) in [5, 5.41) is 13.4. The van der Waals surface area contributed by atoms with Crippen LogP contribution in [0.5, 0.6) is 5.75 Å². The lowest BCUT2D eigenvalue weighted by Gasteiger charge is -2.21. The average molecular weight is 260 g/mol. The summed E-state index contributed by atoms with van der Waals surface area (Å²) < 4.78 is 1.62. The van der Waals surface area contributed by atoms with E-state index < -0.39 is 0 Å². The first kappa shape index (κ1) is 13.1. The van der Waals surface area contributed by atoms with E-state index in [1.807, 2.05) is 6.92 Å². The standard InChI is InChI=1S/C13H16N4O2/c1-2-17(11-4-3-5-12(18)8-11)13(19)6-7-16-10-14-9-15-16/h3-5,8-10,18H,2,6-7H2,1H3. The third kappa shape index (κ3) is 3.31. The molecule has 0 aliphatic carbocycles. The van der Waals surface area contributed by atoms with Gasteiger partial charge in [-0.2, -0.15) is 5.10 Å². The van der Waals surface area contributed by atoms with Gasteiger partial charge in [-0.1, -0.05) is 6.07 Å². The van der Waals surface area contributed by atoms with Crippen LogP contribution in [0.15, 0.2) is 36.9 Å². The van der Waals surface area contributed by atoms with E-state index in [9.17, 15) is 9.90 Å². The fourth-order valence-corrected chi connectivity index (χ4v) is 1.86. The largest absolute Gasteiger partial charge is 0.508 e. The van der Waals surface area contributed by atoms with Crippen molar-refractivity contribution in [1.29, 1.82) is 0 Å². The van der Waals surface area contributed by atoms with E-state index >= 15 is 0 Å². The first-order chi connectivity index (χ1) is 9.20. The van der Waals surface area contributed by atoms with Crippen LogP contribution < -0.4 is 4.90 Å². The molecule has 1 heterocycles. The topological polar surface area (TPSA) is 71.2 Å². The van der Waals surface area contributed by atoms with Crippen molar-refractivity contribution >= 4 is 11.6 Å². The number of nitrogens with zero attached hydrogens (tertiary/aromatic N) is 4. The van der Waals surface area contributed by atoms with Crippen LogP contribution in [0, 0.1) is 0 Å². The van der Waals surface area contributed by atoms with E-state index in [2.05, 4.69) is 10.1 Å². The summed E-state index contributed by atoms with van der Waals surface area (Å²) in [5.41, 5.74) is 0.700. The summed E-state index contributed by atoms with van der Waals surface area (Å²) in [6.07, 6.45) is 3.36. The molecule has 1 amide bonds. The summed E-state index contributed by atoms with van der Waals surface area (Å²) in [6.45, 7) is 2.95. The minimum absolute atomic E-state index is 0.0106. The van der Waals surface area contributed by atoms with Crippen LogP contribution in [-0.4, -0.2) is 32.3 Å². The highest BCUT2D eigenvalue weighted by atomic mass is 16.3. The van der Waals surface area contributed by atoms with Crippen molar-refractivity contribution < 1.29 is 9.90 Å². The van der Waals surface area contributed by atoms with Gasteiger partial charge in [-0.3, -0.25) is 9.48 Å². The molecular formula is C13H16N4O2. The molecule has 0 saturated heterocycles. The van der Waals surface area contributed by atoms with E-state index in [1.54, 1.807) is 40.2 Å². The van der Waals surface area contributed by atoms with Gasteiger partial charge >= 0.3 is 0 Å². The molecule has 2 rings (SSSR count). The maximum atomic E-state index is 12.2. The number of hydrogen-bond donors (Lipinski definition) is 1. The number of benzene rings is 1. The molecule has 0 aliphatic rings. The summed E-state index contributed by atoms with van der Waals surface area (Å²) in [7, 11) is 0. The third-order valence-corrected chi connectivity index (χ3v) is 2.78. The number of amides is 1. The Kier molecular flexibility index (Phi) is 4.12. The van der Waals surface area contributed by atoms with Gasteiger partial charge in [0.25, 0.3) is 0 Å². The number of rotatable bonds is 5. The fraction of sp³-hybridized carbons (Fsp3) is 0.308. The van der Waals surface area contributed by atoms with Crippen LogP contribution in [0.4, 0.5) is 5.69 Å². The Morgan fingerprint density at radius 2 is 2.32 bits per heavy atom. The van der Waals surface area contributed by atoms with Crippen molar-refractivity contribution in [1.82, 2.24) is 14.8 Å². The Morgan fingerprint density at radius 3 is 2.95 bits per heavy atom. The van der Waals surface area contributed by atoms with E-state index in [0.29, 0.717) is 25.2 Å². The Bertz CT molecular complexity index is 539. The number of aryl methyl sites for hydroxylation is 1. The number of anilines is 1. The highest BCUT2D eigenvalue weighted by molar-refractivity contribution is 5.93. The van der Waals surface area contributed by atoms with Crippen LogP contribution in [0.1, 0.15) is 13.3 Å². The molecule has 1 N–H and O–H groups in total. The lowest BCUT2D eigenvalue weighted by Crippen LogP contribution is -2.31. The molecule has 6 nitrogen and oxygen atoms in total. The fourth-order valence-electron chi connectivity index (χ4n) is 1.86. The van der Waals surface area contributed by atoms with Crippen molar-refractivity contribution in [2.75, 3.05) is 11.4 Å². The number of hydrogen-bond acceptors (Lipinski definition) is 4. The summed E-state index contributed by atoms with van der Waals surface area (Å²) >= 11 is 0. The summed E-state index contributed by atoms with van der Waals surface area (Å²) in [5.74, 6) is 0.142. The molecule has 0 bridgehead atoms. The van der Waals surface area contributed by atoms with Crippen LogP contribution in [0.3, 0.4) is 0 Å². The SMILES string of the molecule is CCN(C(=O)CCn1cncn1)c1cccc(O)c1. The Labute approximate surface area is 111 Å². The van der Waals surface area contributed by atoms with Gasteiger partial charge in [0.1, 0.15) is 18.4 Å². The molecule has 1 aromatic heterocycles. The predicted molar refractivity (Wildman–Crippen MR) is 70.8 cm³/mol. The number of phenolic OH excluding ortho intramolecular Hbond substituents is 1.